The van der Waals surface area contributed by atoms with Crippen LogP contribution in [0.3, 0.4) is 0 Å². The zero-order chi connectivity index (χ0) is 11.5. The lowest BCUT2D eigenvalue weighted by atomic mass is 10.1. The van der Waals surface area contributed by atoms with Crippen molar-refractivity contribution >= 4 is 5.84 Å². The number of hydrogen-bond donors (Lipinski definition) is 3. The number of nitrogens with zero attached hydrogens (tertiary/aromatic N) is 1. The fourth-order valence-corrected chi connectivity index (χ4v) is 2.12. The molecule has 1 atom stereocenters. The summed E-state index contributed by atoms with van der Waals surface area (Å²) in [6.45, 7) is 2.38. The predicted molar refractivity (Wildman–Crippen MR) is 63.4 cm³/mol. The number of nitrogen functional groups attached to an aromatic ring is 1. The highest BCUT2D eigenvalue weighted by Crippen LogP contribution is 2.16. The molecule has 1 saturated heterocycles. The molecule has 0 spiro atoms. The average Bonchev–Trinajstić information content (AvgIpc) is 2.64. The molecule has 0 bridgehead atoms. The maximum atomic E-state index is 9.45. The maximum absolute atomic E-state index is 9.45. The summed E-state index contributed by atoms with van der Waals surface area (Å²) in [6, 6.07) is 7.69. The van der Waals surface area contributed by atoms with Gasteiger partial charge in [0.2, 0.25) is 0 Å². The van der Waals surface area contributed by atoms with E-state index >= 15 is 0 Å². The molecule has 1 unspecified atom stereocenters. The number of aliphatic hydroxyl groups excluding tert-OH is 1. The van der Waals surface area contributed by atoms with Crippen LogP contribution >= 0.6 is 0 Å². The van der Waals surface area contributed by atoms with E-state index in [0.29, 0.717) is 6.54 Å². The van der Waals surface area contributed by atoms with Gasteiger partial charge >= 0.3 is 0 Å². The van der Waals surface area contributed by atoms with Gasteiger partial charge in [0.15, 0.2) is 0 Å². The van der Waals surface area contributed by atoms with Gasteiger partial charge in [0.05, 0.1) is 6.10 Å². The highest BCUT2D eigenvalue weighted by Gasteiger charge is 2.20. The molecule has 1 aliphatic rings. The van der Waals surface area contributed by atoms with Crippen LogP contribution in [0.1, 0.15) is 17.5 Å². The van der Waals surface area contributed by atoms with Crippen LogP contribution in [0.5, 0.6) is 0 Å². The highest BCUT2D eigenvalue weighted by molar-refractivity contribution is 5.96. The van der Waals surface area contributed by atoms with E-state index in [4.69, 9.17) is 11.1 Å². The van der Waals surface area contributed by atoms with Gasteiger partial charge in [-0.25, -0.2) is 0 Å². The van der Waals surface area contributed by atoms with Crippen molar-refractivity contribution in [1.29, 1.82) is 5.41 Å². The van der Waals surface area contributed by atoms with Crippen LogP contribution < -0.4 is 5.73 Å². The first-order valence-electron chi connectivity index (χ1n) is 5.49. The number of amidine groups is 1. The number of β-amino-alcohol motifs (C(OH)–C–C–N with tert-alkyl or cyclic N) is 1. The molecular formula is C12H17N3O. The van der Waals surface area contributed by atoms with Crippen LogP contribution in [0.4, 0.5) is 0 Å². The summed E-state index contributed by atoms with van der Waals surface area (Å²) < 4.78 is 0. The van der Waals surface area contributed by atoms with E-state index < -0.39 is 0 Å². The third-order valence-corrected chi connectivity index (χ3v) is 2.95. The van der Waals surface area contributed by atoms with E-state index in [0.717, 1.165) is 30.6 Å². The van der Waals surface area contributed by atoms with Crippen molar-refractivity contribution in [2.24, 2.45) is 5.73 Å². The number of rotatable bonds is 3. The normalized spacial score (nSPS) is 21.2. The van der Waals surface area contributed by atoms with Crippen molar-refractivity contribution in [2.45, 2.75) is 19.1 Å². The predicted octanol–water partition coefficient (Wildman–Crippen LogP) is 0.537. The molecule has 2 rings (SSSR count). The molecule has 0 aromatic heterocycles. The number of nitrogens with one attached hydrogen (secondary N) is 1. The Morgan fingerprint density at radius 2 is 2.25 bits per heavy atom. The lowest BCUT2D eigenvalue weighted by Crippen LogP contribution is -2.24. The first-order chi connectivity index (χ1) is 7.66. The molecule has 1 aromatic rings. The topological polar surface area (TPSA) is 73.3 Å². The third-order valence-electron chi connectivity index (χ3n) is 2.95. The van der Waals surface area contributed by atoms with Crippen molar-refractivity contribution < 1.29 is 5.11 Å². The van der Waals surface area contributed by atoms with Crippen LogP contribution in [-0.4, -0.2) is 35.0 Å². The maximum Gasteiger partial charge on any atom is 0.123 e. The second-order valence-electron chi connectivity index (χ2n) is 4.25. The Morgan fingerprint density at radius 1 is 1.50 bits per heavy atom. The summed E-state index contributed by atoms with van der Waals surface area (Å²) in [5, 5.41) is 16.9. The summed E-state index contributed by atoms with van der Waals surface area (Å²) in [7, 11) is 0. The van der Waals surface area contributed by atoms with E-state index in [1.807, 2.05) is 24.3 Å². The molecule has 1 fully saturated rings. The van der Waals surface area contributed by atoms with Gasteiger partial charge in [-0.3, -0.25) is 10.3 Å². The molecule has 1 aromatic carbocycles. The van der Waals surface area contributed by atoms with Crippen LogP contribution in [0.2, 0.25) is 0 Å². The lowest BCUT2D eigenvalue weighted by Gasteiger charge is -2.17. The van der Waals surface area contributed by atoms with Crippen molar-refractivity contribution in [2.75, 3.05) is 13.1 Å². The molecule has 4 N–H and O–H groups in total. The number of nitrogens with two attached hydrogens (primary N) is 1. The molecule has 16 heavy (non-hydrogen) atoms. The van der Waals surface area contributed by atoms with E-state index in [1.54, 1.807) is 0 Å². The smallest absolute Gasteiger partial charge is 0.123 e. The Morgan fingerprint density at radius 3 is 2.88 bits per heavy atom. The summed E-state index contributed by atoms with van der Waals surface area (Å²) in [5.74, 6) is 0.107. The van der Waals surface area contributed by atoms with Crippen LogP contribution in [0.15, 0.2) is 24.3 Å². The molecule has 0 saturated carbocycles. The molecule has 0 amide bonds. The van der Waals surface area contributed by atoms with Gasteiger partial charge in [0.1, 0.15) is 5.84 Å². The molecule has 0 radical (unpaired) electrons. The fraction of sp³-hybridized carbons (Fsp3) is 0.417. The zero-order valence-corrected chi connectivity index (χ0v) is 9.19. The number of benzene rings is 1. The molecule has 1 heterocycles. The monoisotopic (exact) mass is 219 g/mol. The van der Waals surface area contributed by atoms with Gasteiger partial charge in [-0.2, -0.15) is 0 Å². The van der Waals surface area contributed by atoms with Gasteiger partial charge in [0, 0.05) is 25.2 Å². The van der Waals surface area contributed by atoms with E-state index in [-0.39, 0.29) is 11.9 Å². The first kappa shape index (κ1) is 11.1. The van der Waals surface area contributed by atoms with Crippen molar-refractivity contribution in [3.63, 3.8) is 0 Å². The lowest BCUT2D eigenvalue weighted by molar-refractivity contribution is 0.175. The summed E-state index contributed by atoms with van der Waals surface area (Å²) in [4.78, 5) is 2.19. The summed E-state index contributed by atoms with van der Waals surface area (Å²) in [5.41, 5.74) is 7.39. The minimum Gasteiger partial charge on any atom is -0.392 e. The third kappa shape index (κ3) is 2.40. The highest BCUT2D eigenvalue weighted by atomic mass is 16.3. The molecule has 4 nitrogen and oxygen atoms in total. The number of aliphatic hydroxyl groups is 1. The number of hydrogen-bond acceptors (Lipinski definition) is 3. The van der Waals surface area contributed by atoms with Gasteiger partial charge < -0.3 is 10.8 Å². The van der Waals surface area contributed by atoms with Gasteiger partial charge in [-0.15, -0.1) is 0 Å². The van der Waals surface area contributed by atoms with Crippen LogP contribution in [-0.2, 0) is 6.54 Å². The Labute approximate surface area is 95.2 Å². The Balaban J connectivity index is 2.12. The molecule has 1 aliphatic heterocycles. The van der Waals surface area contributed by atoms with Gasteiger partial charge in [-0.1, -0.05) is 24.3 Å². The minimum atomic E-state index is -0.204. The molecule has 86 valence electrons. The molecule has 4 heteroatoms. The fourth-order valence-electron chi connectivity index (χ4n) is 2.12. The second-order valence-corrected chi connectivity index (χ2v) is 4.25. The van der Waals surface area contributed by atoms with Crippen LogP contribution in [0, 0.1) is 5.41 Å². The largest absolute Gasteiger partial charge is 0.392 e. The van der Waals surface area contributed by atoms with Crippen molar-refractivity contribution in [3.05, 3.63) is 35.4 Å². The quantitative estimate of drug-likeness (QED) is 0.513. The average molecular weight is 219 g/mol. The van der Waals surface area contributed by atoms with Crippen molar-refractivity contribution in [1.82, 2.24) is 4.90 Å². The molecular weight excluding hydrogens is 202 g/mol. The standard InChI is InChI=1S/C12H17N3O/c13-12(14)11-4-2-1-3-9(11)7-15-6-5-10(16)8-15/h1-4,10,16H,5-8H2,(H3,13,14). The Bertz CT molecular complexity index is 392. The molecule has 0 aliphatic carbocycles. The van der Waals surface area contributed by atoms with Crippen LogP contribution in [0.25, 0.3) is 0 Å². The first-order valence-corrected chi connectivity index (χ1v) is 5.49. The SMILES string of the molecule is N=C(N)c1ccccc1CN1CCC(O)C1. The minimum absolute atomic E-state index is 0.107. The van der Waals surface area contributed by atoms with Gasteiger partial charge in [-0.05, 0) is 12.0 Å². The van der Waals surface area contributed by atoms with E-state index in [2.05, 4.69) is 4.90 Å². The number of likely N-dealkylation sites (tertiary alicyclic amines) is 1. The zero-order valence-electron chi connectivity index (χ0n) is 9.19. The Kier molecular flexibility index (Phi) is 3.22. The van der Waals surface area contributed by atoms with E-state index in [9.17, 15) is 5.11 Å². The summed E-state index contributed by atoms with van der Waals surface area (Å²) >= 11 is 0. The van der Waals surface area contributed by atoms with Crippen molar-refractivity contribution in [3.8, 4) is 0 Å². The van der Waals surface area contributed by atoms with E-state index in [1.165, 1.54) is 0 Å². The Hall–Kier alpha value is -1.39. The second kappa shape index (κ2) is 4.63. The van der Waals surface area contributed by atoms with Gasteiger partial charge in [0.25, 0.3) is 0 Å². The summed E-state index contributed by atoms with van der Waals surface area (Å²) in [6.07, 6.45) is 0.631.